The third kappa shape index (κ3) is 1.87. The van der Waals surface area contributed by atoms with Gasteiger partial charge in [-0.05, 0) is 23.4 Å². The fourth-order valence-electron chi connectivity index (χ4n) is 2.39. The molecule has 0 radical (unpaired) electrons. The quantitative estimate of drug-likeness (QED) is 0.624. The van der Waals surface area contributed by atoms with Crippen LogP contribution in [0.25, 0.3) is 0 Å². The van der Waals surface area contributed by atoms with E-state index in [1.807, 2.05) is 21.2 Å². The van der Waals surface area contributed by atoms with Crippen molar-refractivity contribution in [3.05, 3.63) is 50.6 Å². The van der Waals surface area contributed by atoms with Crippen molar-refractivity contribution in [3.63, 3.8) is 0 Å². The largest absolute Gasteiger partial charge is 0.490 e. The molecule has 0 saturated heterocycles. The monoisotopic (exact) mass is 335 g/mol. The molecule has 0 spiro atoms. The fraction of sp³-hybridized carbons (Fsp3) is 0.167. The molecule has 0 amide bonds. The van der Waals surface area contributed by atoms with Crippen molar-refractivity contribution < 1.29 is 9.66 Å². The molecule has 2 aliphatic rings. The third-order valence-electron chi connectivity index (χ3n) is 3.36. The number of rotatable bonds is 3. The maximum Gasteiger partial charge on any atom is 0.311 e. The van der Waals surface area contributed by atoms with E-state index >= 15 is 0 Å². The van der Waals surface area contributed by atoms with Crippen molar-refractivity contribution in [3.8, 4) is 5.75 Å². The van der Waals surface area contributed by atoms with E-state index in [9.17, 15) is 10.1 Å². The van der Waals surface area contributed by atoms with Gasteiger partial charge in [0.15, 0.2) is 5.75 Å². The zero-order valence-corrected chi connectivity index (χ0v) is 12.9. The van der Waals surface area contributed by atoms with Gasteiger partial charge in [-0.2, -0.15) is 0 Å². The second-order valence-corrected chi connectivity index (χ2v) is 6.48. The predicted molar refractivity (Wildman–Crippen MR) is 82.2 cm³/mol. The molecular formula is C12H9N5O3S2. The second-order valence-electron chi connectivity index (χ2n) is 4.54. The Morgan fingerprint density at radius 1 is 1.45 bits per heavy atom. The molecule has 112 valence electrons. The SMILES string of the molecule is COc1ccc(C2SC=C3Sc4nncn4N32)cc1[N+](=O)[O-]. The molecule has 4 rings (SSSR count). The summed E-state index contributed by atoms with van der Waals surface area (Å²) in [6.07, 6.45) is 1.64. The number of ether oxygens (including phenoxy) is 1. The van der Waals surface area contributed by atoms with Crippen LogP contribution in [-0.4, -0.2) is 26.9 Å². The number of nitrogens with zero attached hydrogens (tertiary/aromatic N) is 5. The molecule has 1 unspecified atom stereocenters. The van der Waals surface area contributed by atoms with E-state index in [1.165, 1.54) is 18.9 Å². The third-order valence-corrected chi connectivity index (χ3v) is 5.56. The van der Waals surface area contributed by atoms with Crippen molar-refractivity contribution in [1.82, 2.24) is 14.9 Å². The van der Waals surface area contributed by atoms with Crippen LogP contribution in [0.5, 0.6) is 5.75 Å². The van der Waals surface area contributed by atoms with Crippen molar-refractivity contribution in [2.75, 3.05) is 12.1 Å². The number of methoxy groups -OCH3 is 1. The zero-order valence-electron chi connectivity index (χ0n) is 11.2. The Labute approximate surface area is 133 Å². The molecule has 22 heavy (non-hydrogen) atoms. The molecule has 0 bridgehead atoms. The van der Waals surface area contributed by atoms with Crippen LogP contribution in [-0.2, 0) is 0 Å². The Bertz CT molecular complexity index is 806. The Morgan fingerprint density at radius 3 is 3.09 bits per heavy atom. The highest BCUT2D eigenvalue weighted by Crippen LogP contribution is 2.51. The van der Waals surface area contributed by atoms with Gasteiger partial charge in [-0.15, -0.1) is 10.2 Å². The highest BCUT2D eigenvalue weighted by Gasteiger charge is 2.38. The van der Waals surface area contributed by atoms with E-state index in [1.54, 1.807) is 30.2 Å². The van der Waals surface area contributed by atoms with Crippen LogP contribution in [0, 0.1) is 10.1 Å². The standard InChI is InChI=1S/C12H9N5O3S2/c1-20-9-3-2-7(4-8(9)17(18)19)11-16-10(5-21-11)22-12-14-13-6-15(12)16/h2-6,11H,1H3. The minimum atomic E-state index is -0.431. The average Bonchev–Trinajstić information content (AvgIpc) is 3.18. The summed E-state index contributed by atoms with van der Waals surface area (Å²) >= 11 is 3.12. The molecule has 0 N–H and O–H groups in total. The summed E-state index contributed by atoms with van der Waals surface area (Å²) in [5, 5.41) is 24.9. The van der Waals surface area contributed by atoms with Crippen LogP contribution in [0.3, 0.4) is 0 Å². The molecule has 0 saturated carbocycles. The van der Waals surface area contributed by atoms with E-state index in [0.29, 0.717) is 0 Å². The van der Waals surface area contributed by atoms with E-state index in [-0.39, 0.29) is 16.8 Å². The minimum Gasteiger partial charge on any atom is -0.490 e. The summed E-state index contributed by atoms with van der Waals surface area (Å²) in [5.74, 6) is 0.255. The zero-order chi connectivity index (χ0) is 15.3. The first-order valence-corrected chi connectivity index (χ1v) is 8.00. The summed E-state index contributed by atoms with van der Waals surface area (Å²) in [6.45, 7) is 0. The lowest BCUT2D eigenvalue weighted by atomic mass is 10.2. The highest BCUT2D eigenvalue weighted by atomic mass is 32.2. The van der Waals surface area contributed by atoms with Crippen LogP contribution >= 0.6 is 23.5 Å². The van der Waals surface area contributed by atoms with Crippen molar-refractivity contribution in [1.29, 1.82) is 0 Å². The highest BCUT2D eigenvalue weighted by molar-refractivity contribution is 8.07. The lowest BCUT2D eigenvalue weighted by Gasteiger charge is -2.24. The van der Waals surface area contributed by atoms with Crippen molar-refractivity contribution >= 4 is 29.2 Å². The number of hydrogen-bond acceptors (Lipinski definition) is 8. The number of nitro groups is 1. The van der Waals surface area contributed by atoms with Crippen molar-refractivity contribution in [2.45, 2.75) is 10.5 Å². The molecule has 3 heterocycles. The first-order valence-electron chi connectivity index (χ1n) is 6.24. The van der Waals surface area contributed by atoms with E-state index in [2.05, 4.69) is 10.2 Å². The number of fused-ring (bicyclic) bond motifs is 3. The molecule has 10 heteroatoms. The van der Waals surface area contributed by atoms with Crippen LogP contribution in [0.1, 0.15) is 10.9 Å². The first kappa shape index (κ1) is 13.5. The topological polar surface area (TPSA) is 86.3 Å². The molecular weight excluding hydrogens is 326 g/mol. The van der Waals surface area contributed by atoms with Gasteiger partial charge >= 0.3 is 5.69 Å². The van der Waals surface area contributed by atoms with Crippen LogP contribution in [0.4, 0.5) is 5.69 Å². The van der Waals surface area contributed by atoms with Crippen molar-refractivity contribution in [2.24, 2.45) is 0 Å². The lowest BCUT2D eigenvalue weighted by Crippen LogP contribution is -2.28. The van der Waals surface area contributed by atoms with Gasteiger partial charge in [-0.3, -0.25) is 15.1 Å². The molecule has 1 aromatic carbocycles. The van der Waals surface area contributed by atoms with Gasteiger partial charge in [0.25, 0.3) is 0 Å². The predicted octanol–water partition coefficient (Wildman–Crippen LogP) is 2.48. The van der Waals surface area contributed by atoms with Gasteiger partial charge < -0.3 is 4.74 Å². The van der Waals surface area contributed by atoms with Crippen LogP contribution in [0.15, 0.2) is 40.1 Å². The molecule has 1 aromatic heterocycles. The number of benzene rings is 1. The summed E-state index contributed by atoms with van der Waals surface area (Å²) in [4.78, 5) is 10.8. The van der Waals surface area contributed by atoms with E-state index in [0.717, 1.165) is 15.7 Å². The van der Waals surface area contributed by atoms with Gasteiger partial charge in [0.05, 0.1) is 12.0 Å². The number of aromatic nitrogens is 3. The molecule has 2 aromatic rings. The first-order chi connectivity index (χ1) is 10.7. The van der Waals surface area contributed by atoms with Gasteiger partial charge in [-0.1, -0.05) is 17.8 Å². The summed E-state index contributed by atoms with van der Waals surface area (Å²) in [7, 11) is 1.42. The molecule has 2 aliphatic heterocycles. The molecule has 8 nitrogen and oxygen atoms in total. The number of thioether (sulfide) groups is 2. The molecule has 0 aliphatic carbocycles. The van der Waals surface area contributed by atoms with Gasteiger partial charge in [0.1, 0.15) is 16.7 Å². The minimum absolute atomic E-state index is 0.0371. The van der Waals surface area contributed by atoms with Gasteiger partial charge in [-0.25, -0.2) is 4.68 Å². The van der Waals surface area contributed by atoms with Crippen LogP contribution < -0.4 is 9.75 Å². The summed E-state index contributed by atoms with van der Waals surface area (Å²) in [5.41, 5.74) is 0.788. The fourth-order valence-corrected chi connectivity index (χ4v) is 4.59. The molecule has 1 atom stereocenters. The Kier molecular flexibility index (Phi) is 3.01. The van der Waals surface area contributed by atoms with Gasteiger partial charge in [0, 0.05) is 11.5 Å². The second kappa shape index (κ2) is 4.92. The summed E-state index contributed by atoms with van der Waals surface area (Å²) in [6, 6.07) is 5.02. The van der Waals surface area contributed by atoms with Gasteiger partial charge in [0.2, 0.25) is 5.16 Å². The van der Waals surface area contributed by atoms with E-state index in [4.69, 9.17) is 4.74 Å². The smallest absolute Gasteiger partial charge is 0.311 e. The maximum absolute atomic E-state index is 11.2. The number of hydrogen-bond donors (Lipinski definition) is 0. The normalized spacial score (nSPS) is 18.9. The van der Waals surface area contributed by atoms with E-state index < -0.39 is 4.92 Å². The Hall–Kier alpha value is -2.20. The Morgan fingerprint density at radius 2 is 2.32 bits per heavy atom. The maximum atomic E-state index is 11.2. The summed E-state index contributed by atoms with van der Waals surface area (Å²) < 4.78 is 6.91. The average molecular weight is 335 g/mol. The lowest BCUT2D eigenvalue weighted by molar-refractivity contribution is -0.385. The Balaban J connectivity index is 1.75. The van der Waals surface area contributed by atoms with Crippen LogP contribution in [0.2, 0.25) is 0 Å². The number of nitro benzene ring substituents is 1. The molecule has 0 fully saturated rings.